The first-order valence-electron chi connectivity index (χ1n) is 3.30. The van der Waals surface area contributed by atoms with Gasteiger partial charge in [0.15, 0.2) is 0 Å². The minimum Gasteiger partial charge on any atom is -0.283 e. The lowest BCUT2D eigenvalue weighted by Gasteiger charge is -2.26. The molecule has 16 heavy (non-hydrogen) atoms. The van der Waals surface area contributed by atoms with Crippen molar-refractivity contribution < 1.29 is 26.7 Å². The zero-order valence-corrected chi connectivity index (χ0v) is 10.5. The SMILES string of the molecule is FC(Cl)(OC1(F)C(F)(F)C1(F)Cl)C(Cl)(Cl)Cl. The van der Waals surface area contributed by atoms with Crippen LogP contribution in [0.5, 0.6) is 0 Å². The van der Waals surface area contributed by atoms with E-state index in [1.54, 1.807) is 0 Å². The van der Waals surface area contributed by atoms with E-state index < -0.39 is 26.0 Å². The van der Waals surface area contributed by atoms with Crippen LogP contribution < -0.4 is 0 Å². The maximum Gasteiger partial charge on any atom is 0.363 e. The van der Waals surface area contributed by atoms with Crippen LogP contribution in [0.3, 0.4) is 0 Å². The Hall–Kier alpha value is 1.06. The summed E-state index contributed by atoms with van der Waals surface area (Å²) in [6.45, 7) is 0. The summed E-state index contributed by atoms with van der Waals surface area (Å²) in [7, 11) is 0. The van der Waals surface area contributed by atoms with Crippen molar-refractivity contribution >= 4 is 58.0 Å². The molecule has 0 radical (unpaired) electrons. The molecule has 0 amide bonds. The summed E-state index contributed by atoms with van der Waals surface area (Å²) in [4.78, 5) is 0. The van der Waals surface area contributed by atoms with E-state index in [0.717, 1.165) is 0 Å². The van der Waals surface area contributed by atoms with Gasteiger partial charge in [0.05, 0.1) is 0 Å². The van der Waals surface area contributed by atoms with Gasteiger partial charge in [-0.05, 0) is 11.6 Å². The number of hydrogen-bond acceptors (Lipinski definition) is 1. The average Bonchev–Trinajstić information content (AvgIpc) is 2.25. The average molecular weight is 348 g/mol. The number of halogens is 10. The molecular weight excluding hydrogens is 348 g/mol. The van der Waals surface area contributed by atoms with E-state index in [0.29, 0.717) is 0 Å². The van der Waals surface area contributed by atoms with Crippen molar-refractivity contribution in [1.29, 1.82) is 0 Å². The van der Waals surface area contributed by atoms with E-state index >= 15 is 0 Å². The van der Waals surface area contributed by atoms with Gasteiger partial charge in [-0.3, -0.25) is 4.74 Å². The van der Waals surface area contributed by atoms with Crippen LogP contribution in [0.15, 0.2) is 0 Å². The zero-order valence-electron chi connectivity index (χ0n) is 6.69. The molecule has 0 spiro atoms. The van der Waals surface area contributed by atoms with E-state index in [1.165, 1.54) is 0 Å². The molecule has 0 aromatic heterocycles. The van der Waals surface area contributed by atoms with E-state index in [9.17, 15) is 22.0 Å². The Bertz CT molecular complexity index is 299. The number of alkyl halides is 10. The quantitative estimate of drug-likeness (QED) is 0.529. The monoisotopic (exact) mass is 346 g/mol. The minimum absolute atomic E-state index is 3.13. The molecule has 1 nitrogen and oxygen atoms in total. The summed E-state index contributed by atoms with van der Waals surface area (Å²) in [5.74, 6) is -9.33. The summed E-state index contributed by atoms with van der Waals surface area (Å²) in [6.07, 6.45) is 0. The molecule has 1 saturated carbocycles. The molecule has 1 rings (SSSR count). The van der Waals surface area contributed by atoms with E-state index in [4.69, 9.17) is 46.4 Å². The Balaban J connectivity index is 2.94. The molecule has 1 aliphatic carbocycles. The van der Waals surface area contributed by atoms with Gasteiger partial charge >= 0.3 is 22.2 Å². The van der Waals surface area contributed by atoms with Gasteiger partial charge in [0.1, 0.15) is 0 Å². The highest BCUT2D eigenvalue weighted by Gasteiger charge is 3.00. The maximum absolute atomic E-state index is 13.2. The van der Waals surface area contributed by atoms with Crippen molar-refractivity contribution in [3.8, 4) is 0 Å². The molecule has 0 N–H and O–H groups in total. The minimum atomic E-state index is -4.82. The van der Waals surface area contributed by atoms with Gasteiger partial charge in [0.2, 0.25) is 0 Å². The zero-order chi connectivity index (χ0) is 13.2. The Labute approximate surface area is 111 Å². The van der Waals surface area contributed by atoms with Crippen LogP contribution in [-0.4, -0.2) is 26.0 Å². The van der Waals surface area contributed by atoms with Gasteiger partial charge in [-0.15, -0.1) is 0 Å². The Morgan fingerprint density at radius 1 is 0.938 bits per heavy atom. The molecule has 3 unspecified atom stereocenters. The lowest BCUT2D eigenvalue weighted by Crippen LogP contribution is -2.41. The molecule has 0 bridgehead atoms. The van der Waals surface area contributed by atoms with Gasteiger partial charge in [-0.1, -0.05) is 46.4 Å². The van der Waals surface area contributed by atoms with Crippen LogP contribution in [0.25, 0.3) is 0 Å². The van der Waals surface area contributed by atoms with Crippen molar-refractivity contribution in [3.63, 3.8) is 0 Å². The number of ether oxygens (including phenoxy) is 1. The summed E-state index contributed by atoms with van der Waals surface area (Å²) in [5, 5.41) is -8.29. The second-order valence-electron chi connectivity index (χ2n) is 2.86. The highest BCUT2D eigenvalue weighted by molar-refractivity contribution is 6.70. The Morgan fingerprint density at radius 2 is 1.25 bits per heavy atom. The summed E-state index contributed by atoms with van der Waals surface area (Å²) in [6, 6.07) is 0. The number of rotatable bonds is 2. The Kier molecular flexibility index (Phi) is 3.35. The normalized spacial score (nSPS) is 41.6. The van der Waals surface area contributed by atoms with Crippen LogP contribution in [0.1, 0.15) is 0 Å². The molecule has 0 saturated heterocycles. The number of hydrogen-bond donors (Lipinski definition) is 0. The standard InChI is InChI=1S/C5Cl5F5O/c6-1(11)2(12,13)3(1,14)16-5(10,15)4(7,8)9. The van der Waals surface area contributed by atoms with Crippen molar-refractivity contribution in [3.05, 3.63) is 0 Å². The second-order valence-corrected chi connectivity index (χ2v) is 6.15. The molecule has 0 aliphatic heterocycles. The van der Waals surface area contributed by atoms with Crippen LogP contribution >= 0.6 is 58.0 Å². The first-order valence-corrected chi connectivity index (χ1v) is 5.19. The predicted molar refractivity (Wildman–Crippen MR) is 49.5 cm³/mol. The summed E-state index contributed by atoms with van der Waals surface area (Å²) in [5.41, 5.74) is 0. The molecule has 0 aromatic carbocycles. The van der Waals surface area contributed by atoms with Gasteiger partial charge in [0.25, 0.3) is 3.79 Å². The molecule has 1 fully saturated rings. The fraction of sp³-hybridized carbons (Fsp3) is 1.00. The van der Waals surface area contributed by atoms with E-state index in [-0.39, 0.29) is 0 Å². The fourth-order valence-electron chi connectivity index (χ4n) is 0.726. The van der Waals surface area contributed by atoms with Crippen molar-refractivity contribution in [2.75, 3.05) is 0 Å². The fourth-order valence-corrected chi connectivity index (χ4v) is 1.18. The third kappa shape index (κ3) is 1.77. The molecule has 11 heteroatoms. The first-order chi connectivity index (χ1) is 6.71. The molecule has 3 atom stereocenters. The molecule has 96 valence electrons. The molecule has 0 aromatic rings. The van der Waals surface area contributed by atoms with Crippen molar-refractivity contribution in [1.82, 2.24) is 0 Å². The summed E-state index contributed by atoms with van der Waals surface area (Å²) < 4.78 is 64.2. The van der Waals surface area contributed by atoms with E-state index in [2.05, 4.69) is 16.3 Å². The maximum atomic E-state index is 13.2. The molecular formula is C5Cl5F5O. The van der Waals surface area contributed by atoms with Gasteiger partial charge in [-0.25, -0.2) is 4.39 Å². The predicted octanol–water partition coefficient (Wildman–Crippen LogP) is 4.45. The van der Waals surface area contributed by atoms with Gasteiger partial charge < -0.3 is 0 Å². The highest BCUT2D eigenvalue weighted by Crippen LogP contribution is 2.72. The first kappa shape index (κ1) is 15.1. The van der Waals surface area contributed by atoms with Crippen LogP contribution in [0.4, 0.5) is 22.0 Å². The second kappa shape index (κ2) is 3.54. The smallest absolute Gasteiger partial charge is 0.283 e. The molecule has 0 heterocycles. The van der Waals surface area contributed by atoms with Crippen LogP contribution in [0, 0.1) is 0 Å². The van der Waals surface area contributed by atoms with E-state index in [1.807, 2.05) is 0 Å². The summed E-state index contributed by atoms with van der Waals surface area (Å²) >= 11 is 23.7. The van der Waals surface area contributed by atoms with Crippen molar-refractivity contribution in [2.24, 2.45) is 0 Å². The highest BCUT2D eigenvalue weighted by atomic mass is 35.6. The third-order valence-electron chi connectivity index (χ3n) is 1.74. The third-order valence-corrected chi connectivity index (χ3v) is 3.60. The largest absolute Gasteiger partial charge is 0.363 e. The lowest BCUT2D eigenvalue weighted by molar-refractivity contribution is -0.221. The lowest BCUT2D eigenvalue weighted by atomic mass is 10.6. The topological polar surface area (TPSA) is 9.23 Å². The van der Waals surface area contributed by atoms with Gasteiger partial charge in [0, 0.05) is 0 Å². The Morgan fingerprint density at radius 3 is 1.44 bits per heavy atom. The molecule has 1 aliphatic rings. The van der Waals surface area contributed by atoms with Gasteiger partial charge in [-0.2, -0.15) is 17.6 Å². The van der Waals surface area contributed by atoms with Crippen LogP contribution in [0.2, 0.25) is 0 Å². The van der Waals surface area contributed by atoms with Crippen LogP contribution in [-0.2, 0) is 4.74 Å². The van der Waals surface area contributed by atoms with Crippen molar-refractivity contribution in [2.45, 2.75) is 26.0 Å².